The molecule has 0 saturated carbocycles. The number of benzene rings is 2. The van der Waals surface area contributed by atoms with Crippen LogP contribution in [0.3, 0.4) is 0 Å². The molecule has 1 heterocycles. The molecule has 2 aromatic carbocycles. The molecule has 0 fully saturated rings. The maximum Gasteiger partial charge on any atom is 0.277 e. The molecule has 23 heavy (non-hydrogen) atoms. The predicted octanol–water partition coefficient (Wildman–Crippen LogP) is 2.51. The van der Waals surface area contributed by atoms with Crippen molar-refractivity contribution in [2.75, 3.05) is 13.2 Å². The molecule has 0 unspecified atom stereocenters. The Morgan fingerprint density at radius 2 is 2.00 bits per heavy atom. The minimum Gasteiger partial charge on any atom is -0.492 e. The van der Waals surface area contributed by atoms with E-state index in [1.54, 1.807) is 12.1 Å². The summed E-state index contributed by atoms with van der Waals surface area (Å²) in [4.78, 5) is 11.8. The van der Waals surface area contributed by atoms with Crippen molar-refractivity contribution in [3.63, 3.8) is 0 Å². The summed E-state index contributed by atoms with van der Waals surface area (Å²) in [5.41, 5.74) is 4.03. The van der Waals surface area contributed by atoms with Gasteiger partial charge in [0.15, 0.2) is 18.2 Å². The highest BCUT2D eigenvalue weighted by Gasteiger charge is 2.16. The first-order chi connectivity index (χ1) is 11.2. The van der Waals surface area contributed by atoms with Crippen molar-refractivity contribution in [3.8, 4) is 11.5 Å². The van der Waals surface area contributed by atoms with Gasteiger partial charge >= 0.3 is 0 Å². The highest BCUT2D eigenvalue weighted by Crippen LogP contribution is 2.24. The van der Waals surface area contributed by atoms with Crippen LogP contribution in [0.4, 0.5) is 4.39 Å². The number of nitrogens with one attached hydrogen (secondary N) is 1. The van der Waals surface area contributed by atoms with Crippen molar-refractivity contribution in [1.82, 2.24) is 5.43 Å². The zero-order valence-corrected chi connectivity index (χ0v) is 12.3. The number of carbonyl (C=O) groups is 1. The lowest BCUT2D eigenvalue weighted by Crippen LogP contribution is -2.27. The van der Waals surface area contributed by atoms with Crippen LogP contribution in [0.1, 0.15) is 12.0 Å². The number of para-hydroxylation sites is 2. The van der Waals surface area contributed by atoms with Crippen LogP contribution in [-0.2, 0) is 4.79 Å². The molecule has 0 aromatic heterocycles. The summed E-state index contributed by atoms with van der Waals surface area (Å²) in [5.74, 6) is -0.184. The van der Waals surface area contributed by atoms with Crippen LogP contribution in [0.2, 0.25) is 0 Å². The SMILES string of the molecule is O=C(COc1ccccc1F)N/N=C1/CCOc2ccccc21. The number of halogens is 1. The van der Waals surface area contributed by atoms with E-state index in [-0.39, 0.29) is 12.4 Å². The summed E-state index contributed by atoms with van der Waals surface area (Å²) in [6.45, 7) is 0.202. The predicted molar refractivity (Wildman–Crippen MR) is 83.1 cm³/mol. The Morgan fingerprint density at radius 3 is 2.87 bits per heavy atom. The Kier molecular flexibility index (Phi) is 4.52. The summed E-state index contributed by atoms with van der Waals surface area (Å²) < 4.78 is 24.0. The first-order valence-corrected chi connectivity index (χ1v) is 7.19. The molecule has 1 amide bonds. The molecule has 1 aliphatic rings. The molecule has 0 atom stereocenters. The molecule has 0 aliphatic carbocycles. The molecule has 1 N–H and O–H groups in total. The molecule has 6 heteroatoms. The molecule has 3 rings (SSSR count). The second kappa shape index (κ2) is 6.91. The number of carbonyl (C=O) groups excluding carboxylic acids is 1. The molecule has 5 nitrogen and oxygen atoms in total. The van der Waals surface area contributed by atoms with Crippen LogP contribution in [-0.4, -0.2) is 24.8 Å². The van der Waals surface area contributed by atoms with E-state index in [4.69, 9.17) is 9.47 Å². The minimum atomic E-state index is -0.509. The number of hydrazone groups is 1. The van der Waals surface area contributed by atoms with Gasteiger partial charge in [-0.3, -0.25) is 4.79 Å². The Labute approximate surface area is 132 Å². The second-order valence-corrected chi connectivity index (χ2v) is 4.91. The molecular formula is C17H15FN2O3. The van der Waals surface area contributed by atoms with Gasteiger partial charge in [0.2, 0.25) is 0 Å². The molecule has 1 aliphatic heterocycles. The van der Waals surface area contributed by atoms with Crippen LogP contribution < -0.4 is 14.9 Å². The number of fused-ring (bicyclic) bond motifs is 1. The van der Waals surface area contributed by atoms with Gasteiger partial charge in [0.05, 0.1) is 12.3 Å². The Balaban J connectivity index is 1.60. The van der Waals surface area contributed by atoms with E-state index in [9.17, 15) is 9.18 Å². The zero-order chi connectivity index (χ0) is 16.1. The van der Waals surface area contributed by atoms with E-state index in [1.807, 2.05) is 24.3 Å². The number of nitrogens with zero attached hydrogens (tertiary/aromatic N) is 1. The topological polar surface area (TPSA) is 59.9 Å². The third-order valence-electron chi connectivity index (χ3n) is 3.31. The van der Waals surface area contributed by atoms with Crippen molar-refractivity contribution in [1.29, 1.82) is 0 Å². The van der Waals surface area contributed by atoms with Gasteiger partial charge in [-0.2, -0.15) is 5.10 Å². The molecule has 2 aromatic rings. The first kappa shape index (κ1) is 15.0. The zero-order valence-electron chi connectivity index (χ0n) is 12.3. The Bertz CT molecular complexity index is 746. The van der Waals surface area contributed by atoms with Crippen LogP contribution in [0.15, 0.2) is 53.6 Å². The summed E-state index contributed by atoms with van der Waals surface area (Å²) in [5, 5.41) is 4.12. The van der Waals surface area contributed by atoms with Crippen molar-refractivity contribution in [3.05, 3.63) is 59.9 Å². The molecule has 118 valence electrons. The quantitative estimate of drug-likeness (QED) is 0.882. The van der Waals surface area contributed by atoms with Crippen LogP contribution >= 0.6 is 0 Å². The highest BCUT2D eigenvalue weighted by atomic mass is 19.1. The second-order valence-electron chi connectivity index (χ2n) is 4.91. The Morgan fingerprint density at radius 1 is 1.22 bits per heavy atom. The van der Waals surface area contributed by atoms with Crippen molar-refractivity contribution < 1.29 is 18.7 Å². The van der Waals surface area contributed by atoms with Gasteiger partial charge in [0, 0.05) is 12.0 Å². The van der Waals surface area contributed by atoms with Gasteiger partial charge in [-0.15, -0.1) is 0 Å². The lowest BCUT2D eigenvalue weighted by atomic mass is 10.0. The van der Waals surface area contributed by atoms with Crippen molar-refractivity contribution in [2.24, 2.45) is 5.10 Å². The van der Waals surface area contributed by atoms with Gasteiger partial charge < -0.3 is 9.47 Å². The molecule has 0 radical (unpaired) electrons. The largest absolute Gasteiger partial charge is 0.492 e. The van der Waals surface area contributed by atoms with E-state index < -0.39 is 11.7 Å². The third-order valence-corrected chi connectivity index (χ3v) is 3.31. The fraction of sp³-hybridized carbons (Fsp3) is 0.176. The van der Waals surface area contributed by atoms with E-state index in [1.165, 1.54) is 12.1 Å². The smallest absolute Gasteiger partial charge is 0.277 e. The average molecular weight is 314 g/mol. The normalized spacial score (nSPS) is 14.7. The van der Waals surface area contributed by atoms with Gasteiger partial charge in [0.1, 0.15) is 5.75 Å². The monoisotopic (exact) mass is 314 g/mol. The third kappa shape index (κ3) is 3.66. The minimum absolute atomic E-state index is 0.0340. The summed E-state index contributed by atoms with van der Waals surface area (Å²) >= 11 is 0. The van der Waals surface area contributed by atoms with Crippen molar-refractivity contribution >= 4 is 11.6 Å². The van der Waals surface area contributed by atoms with Gasteiger partial charge in [-0.05, 0) is 24.3 Å². The lowest BCUT2D eigenvalue weighted by Gasteiger charge is -2.18. The summed E-state index contributed by atoms with van der Waals surface area (Å²) in [6.07, 6.45) is 0.603. The van der Waals surface area contributed by atoms with E-state index >= 15 is 0 Å². The highest BCUT2D eigenvalue weighted by molar-refractivity contribution is 6.04. The fourth-order valence-corrected chi connectivity index (χ4v) is 2.21. The summed E-state index contributed by atoms with van der Waals surface area (Å²) in [7, 11) is 0. The first-order valence-electron chi connectivity index (χ1n) is 7.19. The fourth-order valence-electron chi connectivity index (χ4n) is 2.21. The number of rotatable bonds is 4. The number of amides is 1. The van der Waals surface area contributed by atoms with Crippen LogP contribution in [0.5, 0.6) is 11.5 Å². The number of hydrogen-bond acceptors (Lipinski definition) is 4. The average Bonchev–Trinajstić information content (AvgIpc) is 2.59. The van der Waals surface area contributed by atoms with Gasteiger partial charge in [-0.1, -0.05) is 24.3 Å². The lowest BCUT2D eigenvalue weighted by molar-refractivity contribution is -0.123. The maximum absolute atomic E-state index is 13.4. The summed E-state index contributed by atoms with van der Waals surface area (Å²) in [6, 6.07) is 13.4. The molecule has 0 bridgehead atoms. The van der Waals surface area contributed by atoms with E-state index in [0.29, 0.717) is 13.0 Å². The number of hydrogen-bond donors (Lipinski definition) is 1. The van der Waals surface area contributed by atoms with Gasteiger partial charge in [0.25, 0.3) is 5.91 Å². The van der Waals surface area contributed by atoms with Crippen LogP contribution in [0.25, 0.3) is 0 Å². The molecule has 0 spiro atoms. The molecule has 0 saturated heterocycles. The molecular weight excluding hydrogens is 299 g/mol. The van der Waals surface area contributed by atoms with Gasteiger partial charge in [-0.25, -0.2) is 9.82 Å². The van der Waals surface area contributed by atoms with E-state index in [2.05, 4.69) is 10.5 Å². The Hall–Kier alpha value is -2.89. The van der Waals surface area contributed by atoms with Crippen molar-refractivity contribution in [2.45, 2.75) is 6.42 Å². The van der Waals surface area contributed by atoms with Crippen LogP contribution in [0, 0.1) is 5.82 Å². The van der Waals surface area contributed by atoms with E-state index in [0.717, 1.165) is 17.0 Å². The standard InChI is InChI=1S/C17H15FN2O3/c18-13-6-2-4-8-16(13)23-11-17(21)20-19-14-9-10-22-15-7-3-1-5-12(14)15/h1-8H,9-11H2,(H,20,21)/b19-14-. The number of ether oxygens (including phenoxy) is 2. The maximum atomic E-state index is 13.4.